The average molecular weight is 358 g/mol. The van der Waals surface area contributed by atoms with Crippen molar-refractivity contribution in [2.45, 2.75) is 19.4 Å². The number of carbonyl (C=O) groups excluding carboxylic acids is 2. The second-order valence-electron chi connectivity index (χ2n) is 5.22. The van der Waals surface area contributed by atoms with Crippen molar-refractivity contribution < 1.29 is 9.59 Å². The van der Waals surface area contributed by atoms with Crippen LogP contribution in [0.4, 0.5) is 5.13 Å². The third-order valence-corrected chi connectivity index (χ3v) is 4.14. The number of amides is 2. The fraction of sp³-hybridized carbons (Fsp3) is 0.200. The van der Waals surface area contributed by atoms with Crippen LogP contribution in [0.15, 0.2) is 34.4 Å². The summed E-state index contributed by atoms with van der Waals surface area (Å²) >= 11 is 1.20. The maximum absolute atomic E-state index is 12.3. The van der Waals surface area contributed by atoms with Crippen LogP contribution < -0.4 is 16.6 Å². The lowest BCUT2D eigenvalue weighted by Crippen LogP contribution is -2.26. The summed E-state index contributed by atoms with van der Waals surface area (Å²) in [4.78, 5) is 39.2. The predicted octanol–water partition coefficient (Wildman–Crippen LogP) is 0.305. The molecule has 2 amide bonds. The number of hydrogen-bond donors (Lipinski definition) is 2. The fourth-order valence-corrected chi connectivity index (χ4v) is 2.91. The third kappa shape index (κ3) is 4.04. The zero-order valence-corrected chi connectivity index (χ0v) is 13.8. The predicted molar refractivity (Wildman–Crippen MR) is 92.1 cm³/mol. The minimum atomic E-state index is -0.488. The lowest BCUT2D eigenvalue weighted by molar-refractivity contribution is -0.117. The topological polar surface area (TPSA) is 133 Å². The maximum Gasteiger partial charge on any atom is 0.277 e. The van der Waals surface area contributed by atoms with Crippen molar-refractivity contribution in [3.05, 3.63) is 45.7 Å². The summed E-state index contributed by atoms with van der Waals surface area (Å²) in [6.07, 6.45) is 0.0616. The van der Waals surface area contributed by atoms with Crippen LogP contribution in [0.5, 0.6) is 0 Å². The minimum Gasteiger partial charge on any atom is -0.369 e. The largest absolute Gasteiger partial charge is 0.369 e. The van der Waals surface area contributed by atoms with Gasteiger partial charge < -0.3 is 11.1 Å². The standard InChI is InChI=1S/C15H14N6O3S/c16-12(22)7-9-8-25-15(17-9)18-13(23)5-6-21-14(24)10-3-1-2-4-11(10)19-20-21/h1-4,8H,5-7H2,(H2,16,22)(H,17,18,23). The van der Waals surface area contributed by atoms with Crippen LogP contribution in [-0.2, 0) is 22.6 Å². The molecule has 9 nitrogen and oxygen atoms in total. The number of rotatable bonds is 6. The van der Waals surface area contributed by atoms with Gasteiger partial charge in [-0.1, -0.05) is 17.3 Å². The van der Waals surface area contributed by atoms with Crippen LogP contribution in [0.2, 0.25) is 0 Å². The van der Waals surface area contributed by atoms with E-state index in [2.05, 4.69) is 20.6 Å². The summed E-state index contributed by atoms with van der Waals surface area (Å²) in [7, 11) is 0. The number of hydrogen-bond acceptors (Lipinski definition) is 7. The van der Waals surface area contributed by atoms with Crippen LogP contribution in [0.1, 0.15) is 12.1 Å². The van der Waals surface area contributed by atoms with E-state index < -0.39 is 5.91 Å². The van der Waals surface area contributed by atoms with Gasteiger partial charge in [0, 0.05) is 11.8 Å². The number of aryl methyl sites for hydroxylation is 1. The van der Waals surface area contributed by atoms with Crippen molar-refractivity contribution in [2.24, 2.45) is 5.73 Å². The van der Waals surface area contributed by atoms with Crippen molar-refractivity contribution >= 4 is 39.2 Å². The molecule has 2 aromatic heterocycles. The Kier molecular flexibility index (Phi) is 4.80. The van der Waals surface area contributed by atoms with Gasteiger partial charge in [-0.3, -0.25) is 14.4 Å². The molecule has 0 saturated carbocycles. The molecule has 0 atom stereocenters. The molecule has 128 valence electrons. The zero-order chi connectivity index (χ0) is 17.8. The zero-order valence-electron chi connectivity index (χ0n) is 13.0. The lowest BCUT2D eigenvalue weighted by Gasteiger charge is -2.04. The number of benzene rings is 1. The Labute approximate surface area is 145 Å². The number of aromatic nitrogens is 4. The highest BCUT2D eigenvalue weighted by Crippen LogP contribution is 2.16. The van der Waals surface area contributed by atoms with Gasteiger partial charge in [0.15, 0.2) is 5.13 Å². The first-order valence-corrected chi connectivity index (χ1v) is 8.26. The summed E-state index contributed by atoms with van der Waals surface area (Å²) in [6.45, 7) is 0.0992. The number of anilines is 1. The van der Waals surface area contributed by atoms with Gasteiger partial charge in [0.25, 0.3) is 5.56 Å². The summed E-state index contributed by atoms with van der Waals surface area (Å²) in [5, 5.41) is 12.9. The third-order valence-electron chi connectivity index (χ3n) is 3.33. The molecule has 25 heavy (non-hydrogen) atoms. The Bertz CT molecular complexity index is 996. The molecule has 0 aliphatic rings. The number of nitrogens with one attached hydrogen (secondary N) is 1. The molecular weight excluding hydrogens is 344 g/mol. The van der Waals surface area contributed by atoms with E-state index in [9.17, 15) is 14.4 Å². The molecule has 0 aliphatic carbocycles. The highest BCUT2D eigenvalue weighted by Gasteiger charge is 2.10. The fourth-order valence-electron chi connectivity index (χ4n) is 2.18. The normalized spacial score (nSPS) is 10.7. The molecule has 0 radical (unpaired) electrons. The van der Waals surface area contributed by atoms with E-state index in [1.54, 1.807) is 29.6 Å². The van der Waals surface area contributed by atoms with E-state index in [1.807, 2.05) is 0 Å². The molecule has 0 unspecified atom stereocenters. The van der Waals surface area contributed by atoms with Crippen LogP contribution in [0.25, 0.3) is 10.9 Å². The molecule has 3 rings (SSSR count). The van der Waals surface area contributed by atoms with Crippen molar-refractivity contribution in [1.29, 1.82) is 0 Å². The Hall–Kier alpha value is -3.14. The molecule has 0 spiro atoms. The molecule has 0 saturated heterocycles. The first-order chi connectivity index (χ1) is 12.0. The SMILES string of the molecule is NC(=O)Cc1csc(NC(=O)CCn2nnc3ccccc3c2=O)n1. The van der Waals surface area contributed by atoms with Gasteiger partial charge in [0.2, 0.25) is 11.8 Å². The Morgan fingerprint density at radius 2 is 2.08 bits per heavy atom. The van der Waals surface area contributed by atoms with E-state index in [1.165, 1.54) is 11.3 Å². The molecule has 0 aliphatic heterocycles. The van der Waals surface area contributed by atoms with Gasteiger partial charge in [0.05, 0.1) is 24.0 Å². The molecule has 1 aromatic carbocycles. The number of carbonyl (C=O) groups is 2. The molecule has 3 aromatic rings. The Balaban J connectivity index is 1.62. The van der Waals surface area contributed by atoms with Crippen LogP contribution >= 0.6 is 11.3 Å². The number of nitrogens with zero attached hydrogens (tertiary/aromatic N) is 4. The second kappa shape index (κ2) is 7.18. The van der Waals surface area contributed by atoms with Crippen molar-refractivity contribution in [2.75, 3.05) is 5.32 Å². The van der Waals surface area contributed by atoms with E-state index in [0.717, 1.165) is 4.68 Å². The van der Waals surface area contributed by atoms with E-state index >= 15 is 0 Å². The van der Waals surface area contributed by atoms with Crippen molar-refractivity contribution in [1.82, 2.24) is 20.0 Å². The maximum atomic E-state index is 12.3. The molecule has 0 fully saturated rings. The minimum absolute atomic E-state index is 0.0223. The van der Waals surface area contributed by atoms with E-state index in [4.69, 9.17) is 5.73 Å². The van der Waals surface area contributed by atoms with Crippen molar-refractivity contribution in [3.63, 3.8) is 0 Å². The highest BCUT2D eigenvalue weighted by atomic mass is 32.1. The summed E-state index contributed by atoms with van der Waals surface area (Å²) in [5.41, 5.74) is 5.81. The van der Waals surface area contributed by atoms with Gasteiger partial charge in [0.1, 0.15) is 5.52 Å². The van der Waals surface area contributed by atoms with E-state index in [0.29, 0.717) is 21.7 Å². The Morgan fingerprint density at radius 3 is 2.88 bits per heavy atom. The van der Waals surface area contributed by atoms with Crippen LogP contribution in [-0.4, -0.2) is 31.8 Å². The smallest absolute Gasteiger partial charge is 0.277 e. The molecule has 10 heteroatoms. The van der Waals surface area contributed by atoms with Gasteiger partial charge in [-0.2, -0.15) is 0 Å². The highest BCUT2D eigenvalue weighted by molar-refractivity contribution is 7.13. The molecule has 3 N–H and O–H groups in total. The van der Waals surface area contributed by atoms with Gasteiger partial charge in [-0.25, -0.2) is 9.67 Å². The summed E-state index contributed by atoms with van der Waals surface area (Å²) in [6, 6.07) is 6.88. The molecule has 2 heterocycles. The summed E-state index contributed by atoms with van der Waals surface area (Å²) < 4.78 is 1.16. The quantitative estimate of drug-likeness (QED) is 0.651. The van der Waals surface area contributed by atoms with Crippen LogP contribution in [0.3, 0.4) is 0 Å². The van der Waals surface area contributed by atoms with Crippen molar-refractivity contribution in [3.8, 4) is 0 Å². The number of thiazole rings is 1. The Morgan fingerprint density at radius 1 is 1.28 bits per heavy atom. The number of nitrogens with two attached hydrogens (primary N) is 1. The second-order valence-corrected chi connectivity index (χ2v) is 6.08. The van der Waals surface area contributed by atoms with Gasteiger partial charge >= 0.3 is 0 Å². The molecular formula is C15H14N6O3S. The monoisotopic (exact) mass is 358 g/mol. The summed E-state index contributed by atoms with van der Waals surface area (Å²) in [5.74, 6) is -0.806. The van der Waals surface area contributed by atoms with Gasteiger partial charge in [-0.15, -0.1) is 16.4 Å². The van der Waals surface area contributed by atoms with E-state index in [-0.39, 0.29) is 30.9 Å². The lowest BCUT2D eigenvalue weighted by atomic mass is 10.2. The number of fused-ring (bicyclic) bond motifs is 1. The number of primary amides is 1. The first kappa shape index (κ1) is 16.7. The van der Waals surface area contributed by atoms with Crippen LogP contribution in [0, 0.1) is 0 Å². The first-order valence-electron chi connectivity index (χ1n) is 7.38. The average Bonchev–Trinajstić information content (AvgIpc) is 3.00. The molecule has 0 bridgehead atoms. The van der Waals surface area contributed by atoms with Gasteiger partial charge in [-0.05, 0) is 12.1 Å².